The Balaban J connectivity index is 1.58. The molecule has 4 heterocycles. The van der Waals surface area contributed by atoms with E-state index >= 15 is 0 Å². The molecular formula is C20H24N4O. The molecule has 1 aliphatic rings. The van der Waals surface area contributed by atoms with Crippen molar-refractivity contribution in [2.75, 3.05) is 6.54 Å². The first-order valence-corrected chi connectivity index (χ1v) is 8.91. The Hall–Kier alpha value is -2.40. The average molecular weight is 336 g/mol. The van der Waals surface area contributed by atoms with Crippen LogP contribution in [-0.2, 0) is 13.1 Å². The van der Waals surface area contributed by atoms with E-state index in [0.29, 0.717) is 6.04 Å². The van der Waals surface area contributed by atoms with Gasteiger partial charge in [0.1, 0.15) is 17.3 Å². The summed E-state index contributed by atoms with van der Waals surface area (Å²) in [7, 11) is 0. The first kappa shape index (κ1) is 16.1. The first-order valence-electron chi connectivity index (χ1n) is 8.91. The number of rotatable bonds is 5. The third-order valence-electron chi connectivity index (χ3n) is 4.97. The van der Waals surface area contributed by atoms with Gasteiger partial charge in [-0.15, -0.1) is 0 Å². The van der Waals surface area contributed by atoms with Crippen LogP contribution in [0.4, 0.5) is 0 Å². The van der Waals surface area contributed by atoms with Crippen LogP contribution in [0.2, 0.25) is 0 Å². The molecule has 0 aliphatic carbocycles. The lowest BCUT2D eigenvalue weighted by molar-refractivity contribution is 0.216. The molecule has 1 aliphatic heterocycles. The molecule has 0 bridgehead atoms. The van der Waals surface area contributed by atoms with E-state index in [2.05, 4.69) is 33.5 Å². The van der Waals surface area contributed by atoms with Crippen LogP contribution in [0, 0.1) is 13.8 Å². The van der Waals surface area contributed by atoms with E-state index in [-0.39, 0.29) is 0 Å². The lowest BCUT2D eigenvalue weighted by atomic mass is 10.2. The quantitative estimate of drug-likeness (QED) is 0.709. The minimum absolute atomic E-state index is 0.343. The van der Waals surface area contributed by atoms with Gasteiger partial charge in [-0.2, -0.15) is 0 Å². The molecule has 3 aromatic rings. The van der Waals surface area contributed by atoms with E-state index in [4.69, 9.17) is 9.40 Å². The normalized spacial score (nSPS) is 18.1. The van der Waals surface area contributed by atoms with Crippen LogP contribution < -0.4 is 0 Å². The number of aromatic nitrogens is 3. The van der Waals surface area contributed by atoms with Crippen molar-refractivity contribution in [2.45, 2.75) is 45.8 Å². The maximum Gasteiger partial charge on any atom is 0.126 e. The molecule has 0 spiro atoms. The maximum absolute atomic E-state index is 5.78. The standard InChI is InChI=1S/C20H24N4O/c1-15-11-22-20(24(15)13-17-5-3-9-21-12-17)19-6-4-10-23(19)14-18-8-7-16(2)25-18/h3,5,7-9,11-12,19H,4,6,10,13-14H2,1-2H3. The van der Waals surface area contributed by atoms with Crippen molar-refractivity contribution in [3.8, 4) is 0 Å². The van der Waals surface area contributed by atoms with Gasteiger partial charge in [-0.3, -0.25) is 9.88 Å². The highest BCUT2D eigenvalue weighted by molar-refractivity contribution is 5.16. The maximum atomic E-state index is 5.78. The largest absolute Gasteiger partial charge is 0.465 e. The van der Waals surface area contributed by atoms with Gasteiger partial charge < -0.3 is 8.98 Å². The second-order valence-electron chi connectivity index (χ2n) is 6.85. The molecule has 1 fully saturated rings. The van der Waals surface area contributed by atoms with Crippen LogP contribution in [0.15, 0.2) is 47.3 Å². The molecule has 1 atom stereocenters. The van der Waals surface area contributed by atoms with Crippen LogP contribution >= 0.6 is 0 Å². The summed E-state index contributed by atoms with van der Waals surface area (Å²) < 4.78 is 8.11. The predicted octanol–water partition coefficient (Wildman–Crippen LogP) is 3.87. The number of hydrogen-bond donors (Lipinski definition) is 0. The zero-order valence-electron chi connectivity index (χ0n) is 14.9. The Kier molecular flexibility index (Phi) is 4.40. The molecule has 0 saturated carbocycles. The summed E-state index contributed by atoms with van der Waals surface area (Å²) in [6.07, 6.45) is 8.07. The third-order valence-corrected chi connectivity index (χ3v) is 4.97. The number of furan rings is 1. The fraction of sp³-hybridized carbons (Fsp3) is 0.400. The molecule has 130 valence electrons. The monoisotopic (exact) mass is 336 g/mol. The van der Waals surface area contributed by atoms with Crippen molar-refractivity contribution >= 4 is 0 Å². The Labute approximate surface area is 148 Å². The molecular weight excluding hydrogens is 312 g/mol. The number of imidazole rings is 1. The molecule has 0 N–H and O–H groups in total. The molecule has 25 heavy (non-hydrogen) atoms. The van der Waals surface area contributed by atoms with Gasteiger partial charge >= 0.3 is 0 Å². The number of aryl methyl sites for hydroxylation is 2. The molecule has 1 unspecified atom stereocenters. The molecule has 1 saturated heterocycles. The van der Waals surface area contributed by atoms with Crippen molar-refractivity contribution in [2.24, 2.45) is 0 Å². The predicted molar refractivity (Wildman–Crippen MR) is 96.1 cm³/mol. The highest BCUT2D eigenvalue weighted by Gasteiger charge is 2.30. The summed E-state index contributed by atoms with van der Waals surface area (Å²) in [5.41, 5.74) is 2.40. The van der Waals surface area contributed by atoms with E-state index in [1.165, 1.54) is 17.7 Å². The summed E-state index contributed by atoms with van der Waals surface area (Å²) in [5.74, 6) is 3.16. The molecule has 5 nitrogen and oxygen atoms in total. The van der Waals surface area contributed by atoms with Crippen LogP contribution in [0.3, 0.4) is 0 Å². The van der Waals surface area contributed by atoms with Gasteiger partial charge in [0.2, 0.25) is 0 Å². The fourth-order valence-electron chi connectivity index (χ4n) is 3.70. The number of hydrogen-bond acceptors (Lipinski definition) is 4. The van der Waals surface area contributed by atoms with E-state index in [9.17, 15) is 0 Å². The topological polar surface area (TPSA) is 47.1 Å². The summed E-state index contributed by atoms with van der Waals surface area (Å²) >= 11 is 0. The minimum atomic E-state index is 0.343. The van der Waals surface area contributed by atoms with Crippen molar-refractivity contribution < 1.29 is 4.42 Å². The smallest absolute Gasteiger partial charge is 0.126 e. The molecule has 0 aromatic carbocycles. The number of nitrogens with zero attached hydrogens (tertiary/aromatic N) is 4. The highest BCUT2D eigenvalue weighted by atomic mass is 16.3. The molecule has 4 rings (SSSR count). The van der Waals surface area contributed by atoms with E-state index in [0.717, 1.165) is 43.4 Å². The van der Waals surface area contributed by atoms with Gasteiger partial charge in [0.25, 0.3) is 0 Å². The second kappa shape index (κ2) is 6.84. The van der Waals surface area contributed by atoms with Crippen molar-refractivity contribution in [3.63, 3.8) is 0 Å². The van der Waals surface area contributed by atoms with Gasteiger partial charge in [-0.05, 0) is 57.0 Å². The zero-order chi connectivity index (χ0) is 17.2. The third kappa shape index (κ3) is 3.37. The Morgan fingerprint density at radius 1 is 1.16 bits per heavy atom. The van der Waals surface area contributed by atoms with Crippen LogP contribution in [0.1, 0.15) is 47.5 Å². The van der Waals surface area contributed by atoms with Crippen molar-refractivity contribution in [3.05, 3.63) is 71.5 Å². The first-order chi connectivity index (χ1) is 12.2. The summed E-state index contributed by atoms with van der Waals surface area (Å²) in [6, 6.07) is 8.57. The van der Waals surface area contributed by atoms with Gasteiger partial charge in [-0.1, -0.05) is 6.07 Å². The van der Waals surface area contributed by atoms with Crippen LogP contribution in [0.5, 0.6) is 0 Å². The summed E-state index contributed by atoms with van der Waals surface area (Å²) in [4.78, 5) is 11.5. The zero-order valence-corrected chi connectivity index (χ0v) is 14.9. The summed E-state index contributed by atoms with van der Waals surface area (Å²) in [5, 5.41) is 0. The Bertz CT molecular complexity index is 837. The molecule has 3 aromatic heterocycles. The molecule has 5 heteroatoms. The van der Waals surface area contributed by atoms with Gasteiger partial charge in [0, 0.05) is 24.3 Å². The minimum Gasteiger partial charge on any atom is -0.465 e. The Morgan fingerprint density at radius 2 is 2.08 bits per heavy atom. The van der Waals surface area contributed by atoms with Crippen molar-refractivity contribution in [1.82, 2.24) is 19.4 Å². The van der Waals surface area contributed by atoms with E-state index in [1.807, 2.05) is 37.6 Å². The van der Waals surface area contributed by atoms with Gasteiger partial charge in [0.15, 0.2) is 0 Å². The molecule has 0 amide bonds. The molecule has 0 radical (unpaired) electrons. The van der Waals surface area contributed by atoms with Crippen molar-refractivity contribution in [1.29, 1.82) is 0 Å². The number of likely N-dealkylation sites (tertiary alicyclic amines) is 1. The Morgan fingerprint density at radius 3 is 2.84 bits per heavy atom. The lowest BCUT2D eigenvalue weighted by Crippen LogP contribution is -2.25. The average Bonchev–Trinajstić information content (AvgIpc) is 3.32. The van der Waals surface area contributed by atoms with E-state index in [1.54, 1.807) is 0 Å². The van der Waals surface area contributed by atoms with Crippen LogP contribution in [-0.4, -0.2) is 26.0 Å². The highest BCUT2D eigenvalue weighted by Crippen LogP contribution is 2.33. The van der Waals surface area contributed by atoms with Crippen LogP contribution in [0.25, 0.3) is 0 Å². The number of pyridine rings is 1. The lowest BCUT2D eigenvalue weighted by Gasteiger charge is -2.24. The SMILES string of the molecule is Cc1ccc(CN2CCCC2c2ncc(C)n2Cc2cccnc2)o1. The second-order valence-corrected chi connectivity index (χ2v) is 6.85. The van der Waals surface area contributed by atoms with E-state index < -0.39 is 0 Å². The fourth-order valence-corrected chi connectivity index (χ4v) is 3.70. The summed E-state index contributed by atoms with van der Waals surface area (Å²) in [6.45, 7) is 6.87. The van der Waals surface area contributed by atoms with Gasteiger partial charge in [-0.25, -0.2) is 4.98 Å². The van der Waals surface area contributed by atoms with Gasteiger partial charge in [0.05, 0.1) is 19.1 Å².